The van der Waals surface area contributed by atoms with E-state index in [-0.39, 0.29) is 11.1 Å². The van der Waals surface area contributed by atoms with Crippen molar-refractivity contribution in [2.45, 2.75) is 24.5 Å². The van der Waals surface area contributed by atoms with Gasteiger partial charge >= 0.3 is 5.97 Å². The topological polar surface area (TPSA) is 119 Å². The fraction of sp³-hybridized carbons (Fsp3) is 0.235. The summed E-state index contributed by atoms with van der Waals surface area (Å²) < 4.78 is 115. The lowest BCUT2D eigenvalue weighted by molar-refractivity contribution is 0.0696. The van der Waals surface area contributed by atoms with Crippen molar-refractivity contribution in [2.75, 3.05) is 11.8 Å². The maximum Gasteiger partial charge on any atom is 0.335 e. The number of aromatic carboxylic acids is 1. The molecule has 7 nitrogen and oxygen atoms in total. The molecule has 0 radical (unpaired) electrons. The third-order valence-corrected chi connectivity index (χ3v) is 3.74. The monoisotopic (exact) mass is 375 g/mol. The number of rotatable bonds is 9. The summed E-state index contributed by atoms with van der Waals surface area (Å²) in [7, 11) is -5.08. The number of para-hydroxylation sites is 1. The summed E-state index contributed by atoms with van der Waals surface area (Å²) in [6, 6.07) is 8.55. The Morgan fingerprint density at radius 1 is 1.48 bits per heavy atom. The average Bonchev–Trinajstić information content (AvgIpc) is 2.77. The standard InChI is InChI=1S/C17H20N2O5S/c1-2-3-9-19-14-10-12(17(20)21)11-15(25(18,22)23)16(14)24-13-7-5-4-6-8-13/h4-8,10-11,19H,2-3,9H2,1H3,(H,20,21)(H2,18,22,23)/i1D3,2D2,9D2/hD4. The highest BCUT2D eigenvalue weighted by molar-refractivity contribution is 7.89. The van der Waals surface area contributed by atoms with Crippen molar-refractivity contribution in [3.63, 3.8) is 0 Å². The highest BCUT2D eigenvalue weighted by Crippen LogP contribution is 2.37. The highest BCUT2D eigenvalue weighted by Gasteiger charge is 2.23. The van der Waals surface area contributed by atoms with Gasteiger partial charge in [-0.2, -0.15) is 0 Å². The molecule has 0 amide bonds. The molecule has 0 atom stereocenters. The minimum atomic E-state index is -5.08. The van der Waals surface area contributed by atoms with Gasteiger partial charge in [0.05, 0.1) is 11.3 Å². The van der Waals surface area contributed by atoms with Gasteiger partial charge in [0.15, 0.2) is 7.16 Å². The van der Waals surface area contributed by atoms with Crippen molar-refractivity contribution in [3.8, 4) is 11.5 Å². The molecule has 134 valence electrons. The van der Waals surface area contributed by atoms with E-state index in [4.69, 9.17) is 20.0 Å². The number of benzene rings is 2. The summed E-state index contributed by atoms with van der Waals surface area (Å²) in [6.45, 7) is -6.42. The molecule has 2 rings (SSSR count). The van der Waals surface area contributed by atoms with E-state index in [1.165, 1.54) is 24.3 Å². The van der Waals surface area contributed by atoms with Crippen LogP contribution in [0.2, 0.25) is 4.24 Å². The van der Waals surface area contributed by atoms with E-state index in [9.17, 15) is 13.2 Å². The lowest BCUT2D eigenvalue weighted by atomic mass is 10.1. The molecule has 25 heavy (non-hydrogen) atoms. The van der Waals surface area contributed by atoms with Crippen LogP contribution < -0.4 is 15.2 Å². The molecular formula is C17H20N2O5S. The molecule has 0 spiro atoms. The normalized spacial score (nSPS) is 19.2. The van der Waals surface area contributed by atoms with Gasteiger partial charge in [0, 0.05) is 16.1 Å². The summed E-state index contributed by atoms with van der Waals surface area (Å²) in [5, 5.41) is 3.01. The summed E-state index contributed by atoms with van der Waals surface area (Å²) in [4.78, 5) is 11.0. The largest absolute Gasteiger partial charge is 0.478 e. The molecule has 0 aliphatic rings. The van der Waals surface area contributed by atoms with Crippen molar-refractivity contribution in [1.29, 1.82) is 1.43 Å². The van der Waals surface area contributed by atoms with Crippen molar-refractivity contribution in [1.82, 2.24) is 0 Å². The fourth-order valence-corrected chi connectivity index (χ4v) is 2.51. The Bertz CT molecular complexity index is 1210. The van der Waals surface area contributed by atoms with E-state index in [0.29, 0.717) is 12.1 Å². The molecule has 0 saturated carbocycles. The van der Waals surface area contributed by atoms with Crippen molar-refractivity contribution < 1.29 is 36.9 Å². The number of hydrogen-bond acceptors (Lipinski definition) is 6. The summed E-state index contributed by atoms with van der Waals surface area (Å²) in [5.74, 6) is -2.33. The zero-order valence-corrected chi connectivity index (χ0v) is 13.4. The molecule has 0 aromatic heterocycles. The maximum absolute atomic E-state index is 12.8. The number of primary sulfonamides is 1. The van der Waals surface area contributed by atoms with Crippen LogP contribution in [0.5, 0.6) is 11.5 Å². The van der Waals surface area contributed by atoms with Gasteiger partial charge in [-0.05, 0) is 30.7 Å². The third kappa shape index (κ3) is 4.94. The Hall–Kier alpha value is -2.58. The van der Waals surface area contributed by atoms with Gasteiger partial charge in [0.2, 0.25) is 10.0 Å². The van der Waals surface area contributed by atoms with E-state index < -0.39 is 69.2 Å². The van der Waals surface area contributed by atoms with Crippen LogP contribution in [0.15, 0.2) is 47.4 Å². The molecule has 2 aromatic carbocycles. The molecule has 0 heterocycles. The number of nitrogens with one attached hydrogen (secondary N) is 1. The van der Waals surface area contributed by atoms with Gasteiger partial charge in [-0.3, -0.25) is 0 Å². The van der Waals surface area contributed by atoms with Crippen molar-refractivity contribution >= 4 is 21.7 Å². The average molecular weight is 375 g/mol. The van der Waals surface area contributed by atoms with Gasteiger partial charge in [-0.25, -0.2) is 18.3 Å². The molecule has 4 N–H and O–H groups in total. The minimum Gasteiger partial charge on any atom is -0.478 e. The highest BCUT2D eigenvalue weighted by atomic mass is 32.2. The molecule has 0 bridgehead atoms. The first-order valence-electron chi connectivity index (χ1n) is 12.0. The smallest absolute Gasteiger partial charge is 0.335 e. The fourth-order valence-electron chi connectivity index (χ4n) is 1.85. The summed E-state index contributed by atoms with van der Waals surface area (Å²) in [5.41, 5.74) is -1.54. The van der Waals surface area contributed by atoms with Crippen LogP contribution in [-0.4, -0.2) is 26.0 Å². The quantitative estimate of drug-likeness (QED) is 0.620. The van der Waals surface area contributed by atoms with Crippen LogP contribution in [0.25, 0.3) is 1.43 Å². The van der Waals surface area contributed by atoms with Gasteiger partial charge in [0.25, 0.3) is 1.43 Å². The van der Waals surface area contributed by atoms with Gasteiger partial charge < -0.3 is 15.2 Å². The Kier molecular flexibility index (Phi) is 2.78. The SMILES string of the molecule is [2H]OC(=O)c1cc(N([2H])C([2H])([2H])CC([2H])([2H])C([2H])([2H])[2H])c(Oc2ccccc2)c(S(=O)(=O)N([2H])[2H])c1. The van der Waals surface area contributed by atoms with Crippen LogP contribution >= 0.6 is 0 Å². The molecule has 2 aromatic rings. The molecule has 8 heteroatoms. The third-order valence-electron chi connectivity index (χ3n) is 2.88. The number of sulfonamides is 1. The first-order chi connectivity index (χ1) is 16.3. The zero-order valence-electron chi connectivity index (χ0n) is 23.6. The number of nitrogens with two attached hydrogens (primary N) is 1. The Morgan fingerprint density at radius 2 is 2.28 bits per heavy atom. The molecular weight excluding hydrogens is 344 g/mol. The van der Waals surface area contributed by atoms with E-state index >= 15 is 0 Å². The van der Waals surface area contributed by atoms with Crippen LogP contribution in [-0.2, 0) is 10.0 Å². The van der Waals surface area contributed by atoms with Crippen molar-refractivity contribution in [3.05, 3.63) is 48.0 Å². The first-order valence-corrected chi connectivity index (χ1v) is 8.20. The van der Waals surface area contributed by atoms with Gasteiger partial charge in [-0.1, -0.05) is 31.4 Å². The number of hydrogen-bond donors (Lipinski definition) is 3. The Morgan fingerprint density at radius 3 is 2.96 bits per heavy atom. The Labute approximate surface area is 162 Å². The number of carboxylic acid groups (broad SMARTS) is 1. The predicted molar refractivity (Wildman–Crippen MR) is 94.7 cm³/mol. The van der Waals surface area contributed by atoms with Crippen LogP contribution in [0, 0.1) is 0 Å². The van der Waals surface area contributed by atoms with E-state index in [2.05, 4.69) is 5.11 Å². The van der Waals surface area contributed by atoms with Crippen LogP contribution in [0.3, 0.4) is 0 Å². The lowest BCUT2D eigenvalue weighted by Crippen LogP contribution is -2.16. The molecule has 0 aliphatic heterocycles. The van der Waals surface area contributed by atoms with Crippen LogP contribution in [0.4, 0.5) is 5.69 Å². The van der Waals surface area contributed by atoms with Gasteiger partial charge in [-0.15, -0.1) is 0 Å². The maximum atomic E-state index is 12.8. The second-order valence-corrected chi connectivity index (χ2v) is 6.01. The molecule has 0 unspecified atom stereocenters. The molecule has 0 fully saturated rings. The second-order valence-electron chi connectivity index (χ2n) is 4.62. The molecule has 0 aliphatic carbocycles. The van der Waals surface area contributed by atoms with Gasteiger partial charge in [0.1, 0.15) is 13.5 Å². The first kappa shape index (κ1) is 8.68. The van der Waals surface area contributed by atoms with E-state index in [1.807, 2.05) is 0 Å². The predicted octanol–water partition coefficient (Wildman–Crippen LogP) is 3.04. The van der Waals surface area contributed by atoms with Crippen molar-refractivity contribution in [2.24, 2.45) is 5.13 Å². The zero-order chi connectivity index (χ0) is 27.7. The molecule has 0 saturated heterocycles. The number of carbonyl (C=O) groups is 1. The summed E-state index contributed by atoms with van der Waals surface area (Å²) >= 11 is 0. The van der Waals surface area contributed by atoms with E-state index in [1.54, 1.807) is 6.07 Å². The number of carboxylic acids is 1. The van der Waals surface area contributed by atoms with Crippen LogP contribution in [0.1, 0.15) is 39.6 Å². The number of anilines is 1. The number of ether oxygens (including phenoxy) is 1. The second kappa shape index (κ2) is 8.00. The Balaban J connectivity index is 2.86. The lowest BCUT2D eigenvalue weighted by Gasteiger charge is -2.17. The summed E-state index contributed by atoms with van der Waals surface area (Å²) in [6.07, 6.45) is -4.54. The van der Waals surface area contributed by atoms with E-state index in [0.717, 1.165) is 0 Å². The minimum absolute atomic E-state index is 0.0423.